The predicted molar refractivity (Wildman–Crippen MR) is 226 cm³/mol. The van der Waals surface area contributed by atoms with Crippen molar-refractivity contribution in [3.63, 3.8) is 0 Å². The van der Waals surface area contributed by atoms with Gasteiger partial charge in [0.05, 0.1) is 13.2 Å². The van der Waals surface area contributed by atoms with Crippen molar-refractivity contribution in [1.29, 1.82) is 0 Å². The summed E-state index contributed by atoms with van der Waals surface area (Å²) in [5.74, 6) is -2.45. The first-order chi connectivity index (χ1) is 27.1. The summed E-state index contributed by atoms with van der Waals surface area (Å²) in [5, 5.41) is 8.88. The number of carboxylic acid groups (broad SMARTS) is 1. The van der Waals surface area contributed by atoms with E-state index in [2.05, 4.69) is 42.3 Å². The van der Waals surface area contributed by atoms with Crippen molar-refractivity contribution < 1.29 is 47.5 Å². The van der Waals surface area contributed by atoms with Gasteiger partial charge >= 0.3 is 25.7 Å². The molecule has 0 aromatic carbocycles. The second-order valence-electron chi connectivity index (χ2n) is 14.6. The molecular weight excluding hydrogens is 733 g/mol. The number of esters is 2. The van der Waals surface area contributed by atoms with E-state index in [4.69, 9.17) is 24.8 Å². The van der Waals surface area contributed by atoms with Gasteiger partial charge in [0.15, 0.2) is 6.10 Å². The third-order valence-electron chi connectivity index (χ3n) is 9.20. The number of aliphatic carboxylic acids is 1. The third-order valence-corrected chi connectivity index (χ3v) is 10.1. The van der Waals surface area contributed by atoms with Crippen LogP contribution in [0.4, 0.5) is 0 Å². The standard InChI is InChI=1S/C44H78NO10P/c1-3-5-7-9-11-13-15-17-19-20-22-24-26-28-30-32-34-36-43(47)55-40(38-53-56(50,51)54-39-41(45)44(48)49)37-52-42(46)35-33-31-29-27-25-23-21-18-16-14-12-10-8-6-4-2/h4,17,19,22,24,28,30,40-41H,2-3,5-16,18,20-21,23,25-27,29,31-39,45H2,1H3,(H,48,49)(H,50,51)/b19-17+,24-22+,30-28+/t40-,41+/m1/s1. The number of ether oxygens (including phenoxy) is 2. The minimum atomic E-state index is -4.73. The lowest BCUT2D eigenvalue weighted by Crippen LogP contribution is -2.34. The van der Waals surface area contributed by atoms with Crippen LogP contribution in [-0.4, -0.2) is 59.9 Å². The summed E-state index contributed by atoms with van der Waals surface area (Å²) >= 11 is 0. The molecular formula is C44H78NO10P. The fourth-order valence-corrected chi connectivity index (χ4v) is 6.54. The summed E-state index contributed by atoms with van der Waals surface area (Å²) in [7, 11) is -4.73. The third kappa shape index (κ3) is 38.3. The van der Waals surface area contributed by atoms with Crippen LogP contribution in [0.5, 0.6) is 0 Å². The molecule has 3 atom stereocenters. The van der Waals surface area contributed by atoms with Crippen LogP contribution in [0.3, 0.4) is 0 Å². The minimum absolute atomic E-state index is 0.0885. The molecule has 0 amide bonds. The van der Waals surface area contributed by atoms with E-state index in [0.29, 0.717) is 19.3 Å². The lowest BCUT2D eigenvalue weighted by atomic mass is 10.0. The molecule has 0 aliphatic heterocycles. The van der Waals surface area contributed by atoms with Gasteiger partial charge in [-0.1, -0.05) is 152 Å². The van der Waals surface area contributed by atoms with Crippen LogP contribution in [-0.2, 0) is 37.5 Å². The van der Waals surface area contributed by atoms with Crippen LogP contribution in [0, 0.1) is 0 Å². The molecule has 0 saturated carbocycles. The van der Waals surface area contributed by atoms with Gasteiger partial charge in [0.25, 0.3) is 0 Å². The van der Waals surface area contributed by atoms with Crippen molar-refractivity contribution in [2.45, 2.75) is 192 Å². The average molecular weight is 812 g/mol. The maximum absolute atomic E-state index is 12.6. The van der Waals surface area contributed by atoms with Gasteiger partial charge in [0.2, 0.25) is 0 Å². The molecule has 56 heavy (non-hydrogen) atoms. The fraction of sp³-hybridized carbons (Fsp3) is 0.750. The van der Waals surface area contributed by atoms with Crippen LogP contribution in [0.25, 0.3) is 0 Å². The van der Waals surface area contributed by atoms with E-state index in [1.807, 2.05) is 18.2 Å². The van der Waals surface area contributed by atoms with Crippen molar-refractivity contribution in [3.8, 4) is 0 Å². The number of hydrogen-bond acceptors (Lipinski definition) is 9. The zero-order valence-electron chi connectivity index (χ0n) is 34.8. The molecule has 12 heteroatoms. The maximum atomic E-state index is 12.6. The lowest BCUT2D eigenvalue weighted by Gasteiger charge is -2.20. The van der Waals surface area contributed by atoms with Gasteiger partial charge in [-0.15, -0.1) is 6.58 Å². The molecule has 324 valence electrons. The van der Waals surface area contributed by atoms with Crippen LogP contribution in [0.1, 0.15) is 180 Å². The van der Waals surface area contributed by atoms with E-state index in [0.717, 1.165) is 44.9 Å². The monoisotopic (exact) mass is 812 g/mol. The Morgan fingerprint density at radius 2 is 1.05 bits per heavy atom. The summed E-state index contributed by atoms with van der Waals surface area (Å²) in [6.07, 6.45) is 42.2. The number of hydrogen-bond donors (Lipinski definition) is 3. The molecule has 0 bridgehead atoms. The average Bonchev–Trinajstić information content (AvgIpc) is 3.17. The molecule has 0 fully saturated rings. The second-order valence-corrected chi connectivity index (χ2v) is 16.0. The number of carbonyl (C=O) groups excluding carboxylic acids is 2. The summed E-state index contributed by atoms with van der Waals surface area (Å²) in [4.78, 5) is 45.9. The highest BCUT2D eigenvalue weighted by Gasteiger charge is 2.28. The lowest BCUT2D eigenvalue weighted by molar-refractivity contribution is -0.161. The van der Waals surface area contributed by atoms with Gasteiger partial charge in [0.1, 0.15) is 12.6 Å². The van der Waals surface area contributed by atoms with Crippen LogP contribution in [0.2, 0.25) is 0 Å². The van der Waals surface area contributed by atoms with Gasteiger partial charge in [-0.25, -0.2) is 4.57 Å². The topological polar surface area (TPSA) is 172 Å². The first kappa shape index (κ1) is 53.4. The largest absolute Gasteiger partial charge is 0.480 e. The fourth-order valence-electron chi connectivity index (χ4n) is 5.77. The molecule has 0 aromatic rings. The minimum Gasteiger partial charge on any atom is -0.480 e. The van der Waals surface area contributed by atoms with Gasteiger partial charge < -0.3 is 25.2 Å². The Morgan fingerprint density at radius 1 is 0.607 bits per heavy atom. The quantitative estimate of drug-likeness (QED) is 0.0232. The first-order valence-corrected chi connectivity index (χ1v) is 23.1. The summed E-state index contributed by atoms with van der Waals surface area (Å²) in [6, 6.07) is -1.53. The molecule has 0 aliphatic carbocycles. The zero-order chi connectivity index (χ0) is 41.4. The van der Waals surface area contributed by atoms with E-state index < -0.39 is 51.1 Å². The molecule has 0 saturated heterocycles. The molecule has 0 aromatic heterocycles. The number of phosphoric acid groups is 1. The second kappa shape index (κ2) is 39.3. The molecule has 0 spiro atoms. The van der Waals surface area contributed by atoms with Gasteiger partial charge in [-0.3, -0.25) is 23.4 Å². The van der Waals surface area contributed by atoms with Crippen molar-refractivity contribution in [2.75, 3.05) is 19.8 Å². The van der Waals surface area contributed by atoms with Crippen molar-refractivity contribution in [1.82, 2.24) is 0 Å². The molecule has 0 rings (SSSR count). The Kier molecular flexibility index (Phi) is 37.5. The highest BCUT2D eigenvalue weighted by molar-refractivity contribution is 7.47. The first-order valence-electron chi connectivity index (χ1n) is 21.6. The smallest absolute Gasteiger partial charge is 0.472 e. The number of unbranched alkanes of at least 4 members (excludes halogenated alkanes) is 20. The molecule has 11 nitrogen and oxygen atoms in total. The highest BCUT2D eigenvalue weighted by atomic mass is 31.2. The number of carboxylic acids is 1. The molecule has 0 heterocycles. The van der Waals surface area contributed by atoms with Crippen LogP contribution < -0.4 is 5.73 Å². The van der Waals surface area contributed by atoms with Crippen molar-refractivity contribution in [3.05, 3.63) is 49.1 Å². The SMILES string of the molecule is C=CCCCCCCCCCCCCCCCC(=O)OC[C@H](COP(=O)(O)OC[C@H](N)C(=O)O)OC(=O)CCC/C=C/C/C=C/C/C=C/CCCCCCCC. The Hall–Kier alpha value is -2.56. The van der Waals surface area contributed by atoms with Crippen LogP contribution in [0.15, 0.2) is 49.1 Å². The maximum Gasteiger partial charge on any atom is 0.472 e. The van der Waals surface area contributed by atoms with Gasteiger partial charge in [-0.2, -0.15) is 0 Å². The summed E-state index contributed by atoms with van der Waals surface area (Å²) in [5.41, 5.74) is 5.33. The van der Waals surface area contributed by atoms with Gasteiger partial charge in [-0.05, 0) is 57.8 Å². The van der Waals surface area contributed by atoms with Crippen LogP contribution >= 0.6 is 7.82 Å². The number of carbonyl (C=O) groups is 3. The number of nitrogens with two attached hydrogens (primary N) is 1. The number of rotatable bonds is 41. The summed E-state index contributed by atoms with van der Waals surface area (Å²) in [6.45, 7) is 4.26. The Morgan fingerprint density at radius 3 is 1.59 bits per heavy atom. The van der Waals surface area contributed by atoms with E-state index in [1.165, 1.54) is 96.3 Å². The van der Waals surface area contributed by atoms with Gasteiger partial charge in [0, 0.05) is 12.8 Å². The molecule has 0 aliphatic rings. The van der Waals surface area contributed by atoms with E-state index in [9.17, 15) is 23.8 Å². The van der Waals surface area contributed by atoms with Crippen molar-refractivity contribution >= 4 is 25.7 Å². The normalized spacial score (nSPS) is 14.0. The van der Waals surface area contributed by atoms with E-state index in [-0.39, 0.29) is 19.4 Å². The molecule has 0 radical (unpaired) electrons. The Bertz CT molecular complexity index is 1130. The van der Waals surface area contributed by atoms with Crippen molar-refractivity contribution in [2.24, 2.45) is 5.73 Å². The highest BCUT2D eigenvalue weighted by Crippen LogP contribution is 2.43. The Balaban J connectivity index is 4.44. The number of allylic oxidation sites excluding steroid dienone is 7. The number of phosphoric ester groups is 1. The van der Waals surface area contributed by atoms with E-state index >= 15 is 0 Å². The molecule has 4 N–H and O–H groups in total. The molecule has 1 unspecified atom stereocenters. The van der Waals surface area contributed by atoms with E-state index in [1.54, 1.807) is 0 Å². The summed E-state index contributed by atoms with van der Waals surface area (Å²) < 4.78 is 32.6. The predicted octanol–water partition coefficient (Wildman–Crippen LogP) is 11.4. The zero-order valence-corrected chi connectivity index (χ0v) is 35.7. The Labute approximate surface area is 339 Å².